The number of hydrogen-bond donors (Lipinski definition) is 0. The fourth-order valence-corrected chi connectivity index (χ4v) is 3.65. The van der Waals surface area contributed by atoms with Gasteiger partial charge in [0.05, 0.1) is 30.6 Å². The van der Waals surface area contributed by atoms with Crippen LogP contribution in [0.5, 0.6) is 11.5 Å². The van der Waals surface area contributed by atoms with Crippen molar-refractivity contribution in [2.75, 3.05) is 7.11 Å². The minimum absolute atomic E-state index is 0.0252. The van der Waals surface area contributed by atoms with Gasteiger partial charge in [-0.1, -0.05) is 0 Å². The zero-order chi connectivity index (χ0) is 25.5. The standard InChI is InChI=1S/C23H19F4N5O3/c1-12-16(24)5-7-19(29-12)32-10-15-9-31(11-17(15)30-32)22(33)20-18(35-13(2)23(25,26)27)6-4-14(8-28)21(20)34-3/h4-7,10,13H,9,11H2,1-3H3/t13-/m0/s1. The molecule has 1 atom stereocenters. The van der Waals surface area contributed by atoms with Crippen molar-refractivity contribution in [3.05, 3.63) is 64.4 Å². The van der Waals surface area contributed by atoms with Crippen molar-refractivity contribution in [1.82, 2.24) is 19.7 Å². The van der Waals surface area contributed by atoms with E-state index in [2.05, 4.69) is 10.1 Å². The maximum absolute atomic E-state index is 13.5. The summed E-state index contributed by atoms with van der Waals surface area (Å²) in [5, 5.41) is 13.8. The number of aryl methyl sites for hydroxylation is 1. The Labute approximate surface area is 197 Å². The zero-order valence-corrected chi connectivity index (χ0v) is 18.9. The lowest BCUT2D eigenvalue weighted by Crippen LogP contribution is -2.33. The highest BCUT2D eigenvalue weighted by molar-refractivity contribution is 6.00. The van der Waals surface area contributed by atoms with Crippen molar-refractivity contribution >= 4 is 5.91 Å². The first-order chi connectivity index (χ1) is 16.5. The molecule has 12 heteroatoms. The maximum Gasteiger partial charge on any atom is 0.425 e. The number of hydrogen-bond acceptors (Lipinski definition) is 6. The van der Waals surface area contributed by atoms with Gasteiger partial charge in [-0.05, 0) is 38.1 Å². The molecule has 8 nitrogen and oxygen atoms in total. The van der Waals surface area contributed by atoms with Gasteiger partial charge in [0.1, 0.15) is 23.2 Å². The molecule has 0 saturated carbocycles. The molecule has 1 aliphatic rings. The molecule has 0 spiro atoms. The first-order valence-electron chi connectivity index (χ1n) is 10.4. The maximum atomic E-state index is 13.5. The van der Waals surface area contributed by atoms with Gasteiger partial charge >= 0.3 is 6.18 Å². The number of methoxy groups -OCH3 is 1. The molecule has 0 radical (unpaired) electrons. The molecule has 0 fully saturated rings. The van der Waals surface area contributed by atoms with Crippen LogP contribution in [0.25, 0.3) is 5.82 Å². The highest BCUT2D eigenvalue weighted by Crippen LogP contribution is 2.37. The third-order valence-electron chi connectivity index (χ3n) is 5.53. The minimum atomic E-state index is -4.66. The van der Waals surface area contributed by atoms with Crippen LogP contribution in [0.2, 0.25) is 0 Å². The number of benzene rings is 1. The Morgan fingerprint density at radius 1 is 1.23 bits per heavy atom. The van der Waals surface area contributed by atoms with E-state index in [1.165, 1.54) is 41.8 Å². The summed E-state index contributed by atoms with van der Waals surface area (Å²) in [6.45, 7) is 2.50. The van der Waals surface area contributed by atoms with E-state index < -0.39 is 24.0 Å². The smallest absolute Gasteiger partial charge is 0.425 e. The molecule has 1 aliphatic heterocycles. The predicted molar refractivity (Wildman–Crippen MR) is 113 cm³/mol. The van der Waals surface area contributed by atoms with Crippen LogP contribution in [0, 0.1) is 24.1 Å². The topological polar surface area (TPSA) is 93.3 Å². The lowest BCUT2D eigenvalue weighted by Gasteiger charge is -2.23. The van der Waals surface area contributed by atoms with Crippen LogP contribution < -0.4 is 9.47 Å². The number of pyridine rings is 1. The van der Waals surface area contributed by atoms with Crippen molar-refractivity contribution in [3.8, 4) is 23.4 Å². The number of halogens is 4. The second-order valence-corrected chi connectivity index (χ2v) is 7.88. The largest absolute Gasteiger partial charge is 0.494 e. The predicted octanol–water partition coefficient (Wildman–Crippen LogP) is 4.08. The number of nitriles is 1. The van der Waals surface area contributed by atoms with E-state index in [-0.39, 0.29) is 41.4 Å². The van der Waals surface area contributed by atoms with Crippen LogP contribution >= 0.6 is 0 Å². The number of fused-ring (bicyclic) bond motifs is 1. The molecule has 0 bridgehead atoms. The Kier molecular flexibility index (Phi) is 6.10. The van der Waals surface area contributed by atoms with E-state index in [0.717, 1.165) is 13.0 Å². The molecule has 3 aromatic rings. The molecule has 3 heterocycles. The second-order valence-electron chi connectivity index (χ2n) is 7.88. The summed E-state index contributed by atoms with van der Waals surface area (Å²) in [5.74, 6) is -1.25. The van der Waals surface area contributed by atoms with Gasteiger partial charge in [-0.3, -0.25) is 4.79 Å². The van der Waals surface area contributed by atoms with Crippen LogP contribution in [0.15, 0.2) is 30.5 Å². The summed E-state index contributed by atoms with van der Waals surface area (Å²) in [6, 6.07) is 6.99. The fraction of sp³-hybridized carbons (Fsp3) is 0.304. The minimum Gasteiger partial charge on any atom is -0.494 e. The highest BCUT2D eigenvalue weighted by Gasteiger charge is 2.40. The van der Waals surface area contributed by atoms with Gasteiger partial charge in [0, 0.05) is 18.3 Å². The Morgan fingerprint density at radius 2 is 1.97 bits per heavy atom. The number of ether oxygens (including phenoxy) is 2. The molecule has 0 N–H and O–H groups in total. The van der Waals surface area contributed by atoms with Crippen LogP contribution in [-0.4, -0.2) is 45.0 Å². The zero-order valence-electron chi connectivity index (χ0n) is 18.9. The van der Waals surface area contributed by atoms with Gasteiger partial charge in [-0.15, -0.1) is 0 Å². The summed E-state index contributed by atoms with van der Waals surface area (Å²) in [7, 11) is 1.21. The number of aromatic nitrogens is 3. The Balaban J connectivity index is 1.64. The third kappa shape index (κ3) is 4.49. The Morgan fingerprint density at radius 3 is 2.57 bits per heavy atom. The normalized spacial score (nSPS) is 13.8. The van der Waals surface area contributed by atoms with Crippen molar-refractivity contribution in [2.45, 2.75) is 39.2 Å². The Hall–Kier alpha value is -4.14. The van der Waals surface area contributed by atoms with Gasteiger partial charge in [0.25, 0.3) is 5.91 Å². The molecule has 0 aliphatic carbocycles. The number of alkyl halides is 3. The van der Waals surface area contributed by atoms with Gasteiger partial charge in [-0.2, -0.15) is 23.5 Å². The molecular weight excluding hydrogens is 470 g/mol. The van der Waals surface area contributed by atoms with Crippen LogP contribution in [-0.2, 0) is 13.1 Å². The van der Waals surface area contributed by atoms with E-state index in [9.17, 15) is 27.6 Å². The molecule has 0 saturated heterocycles. The summed E-state index contributed by atoms with van der Waals surface area (Å²) in [6.07, 6.45) is -5.21. The van der Waals surface area contributed by atoms with Gasteiger partial charge in [0.15, 0.2) is 17.7 Å². The number of amides is 1. The number of nitrogens with zero attached hydrogens (tertiary/aromatic N) is 5. The van der Waals surface area contributed by atoms with E-state index in [0.29, 0.717) is 17.1 Å². The lowest BCUT2D eigenvalue weighted by molar-refractivity contribution is -0.189. The monoisotopic (exact) mass is 489 g/mol. The van der Waals surface area contributed by atoms with Crippen LogP contribution in [0.4, 0.5) is 17.6 Å². The van der Waals surface area contributed by atoms with E-state index in [4.69, 9.17) is 9.47 Å². The third-order valence-corrected chi connectivity index (χ3v) is 5.53. The van der Waals surface area contributed by atoms with Crippen molar-refractivity contribution < 1.29 is 31.8 Å². The molecule has 1 amide bonds. The quantitative estimate of drug-likeness (QED) is 0.502. The summed E-state index contributed by atoms with van der Waals surface area (Å²) in [4.78, 5) is 18.9. The van der Waals surface area contributed by atoms with Crippen molar-refractivity contribution in [2.24, 2.45) is 0 Å². The molecular formula is C23H19F4N5O3. The van der Waals surface area contributed by atoms with Crippen molar-refractivity contribution in [3.63, 3.8) is 0 Å². The summed E-state index contributed by atoms with van der Waals surface area (Å²) < 4.78 is 64.6. The fourth-order valence-electron chi connectivity index (χ4n) is 3.65. The number of carbonyl (C=O) groups is 1. The molecule has 2 aromatic heterocycles. The van der Waals surface area contributed by atoms with Gasteiger partial charge in [0.2, 0.25) is 0 Å². The van der Waals surface area contributed by atoms with Gasteiger partial charge in [-0.25, -0.2) is 14.1 Å². The SMILES string of the molecule is COc1c(C#N)ccc(O[C@@H](C)C(F)(F)F)c1C(=O)N1Cc2cn(-c3ccc(F)c(C)n3)nc2C1. The van der Waals surface area contributed by atoms with Crippen LogP contribution in [0.3, 0.4) is 0 Å². The van der Waals surface area contributed by atoms with E-state index >= 15 is 0 Å². The first-order valence-corrected chi connectivity index (χ1v) is 10.4. The summed E-state index contributed by atoms with van der Waals surface area (Å²) in [5.41, 5.74) is 1.13. The highest BCUT2D eigenvalue weighted by atomic mass is 19.4. The van der Waals surface area contributed by atoms with Crippen LogP contribution in [0.1, 0.15) is 39.8 Å². The average molecular weight is 489 g/mol. The lowest BCUT2D eigenvalue weighted by atomic mass is 10.1. The van der Waals surface area contributed by atoms with E-state index in [1.807, 2.05) is 6.07 Å². The van der Waals surface area contributed by atoms with E-state index in [1.54, 1.807) is 6.20 Å². The number of carbonyl (C=O) groups excluding carboxylic acids is 1. The molecule has 182 valence electrons. The number of rotatable bonds is 5. The molecule has 0 unspecified atom stereocenters. The molecule has 1 aromatic carbocycles. The molecule has 35 heavy (non-hydrogen) atoms. The average Bonchev–Trinajstić information content (AvgIpc) is 3.39. The van der Waals surface area contributed by atoms with Gasteiger partial charge < -0.3 is 14.4 Å². The first kappa shape index (κ1) is 24.0. The summed E-state index contributed by atoms with van der Waals surface area (Å²) >= 11 is 0. The molecule has 4 rings (SSSR count). The Bertz CT molecular complexity index is 1320. The van der Waals surface area contributed by atoms with Crippen molar-refractivity contribution in [1.29, 1.82) is 5.26 Å². The second kappa shape index (κ2) is 8.90.